The molecule has 0 aliphatic heterocycles. The topological polar surface area (TPSA) is 111 Å². The number of likely N-dealkylation sites (N-methyl/N-ethyl adjacent to an activating group) is 1. The molecule has 0 amide bonds. The van der Waals surface area contributed by atoms with Gasteiger partial charge in [0, 0.05) is 12.8 Å². The van der Waals surface area contributed by atoms with Crippen molar-refractivity contribution in [3.8, 4) is 0 Å². The molecule has 0 aromatic heterocycles. The molecule has 95 heavy (non-hydrogen) atoms. The van der Waals surface area contributed by atoms with Crippen molar-refractivity contribution in [2.45, 2.75) is 347 Å². The normalized spacial score (nSPS) is 13.4. The fourth-order valence-corrected chi connectivity index (χ4v) is 10.9. The minimum atomic E-state index is -1.64. The lowest BCUT2D eigenvalue weighted by Crippen LogP contribution is -2.44. The molecule has 0 aliphatic rings. The fourth-order valence-electron chi connectivity index (χ4n) is 10.9. The first-order chi connectivity index (χ1) is 46.6. The van der Waals surface area contributed by atoms with E-state index in [2.05, 4.69) is 148 Å². The highest BCUT2D eigenvalue weighted by molar-refractivity contribution is 5.70. The van der Waals surface area contributed by atoms with Crippen molar-refractivity contribution in [3.05, 3.63) is 134 Å². The smallest absolute Gasteiger partial charge is 0.306 e. The highest BCUT2D eigenvalue weighted by Gasteiger charge is 2.22. The first-order valence-electron chi connectivity index (χ1n) is 39.3. The zero-order valence-corrected chi connectivity index (χ0v) is 62.3. The van der Waals surface area contributed by atoms with Gasteiger partial charge in [-0.15, -0.1) is 0 Å². The van der Waals surface area contributed by atoms with E-state index in [4.69, 9.17) is 18.9 Å². The molecule has 0 saturated heterocycles. The number of esters is 2. The van der Waals surface area contributed by atoms with Crippen LogP contribution in [0, 0.1) is 0 Å². The number of carbonyl (C=O) groups excluding carboxylic acids is 3. The van der Waals surface area contributed by atoms with Crippen LogP contribution in [-0.4, -0.2) is 82.3 Å². The van der Waals surface area contributed by atoms with Crippen LogP contribution in [0.25, 0.3) is 0 Å². The number of hydrogen-bond donors (Lipinski definition) is 0. The lowest BCUT2D eigenvalue weighted by molar-refractivity contribution is -0.870. The average Bonchev–Trinajstić information content (AvgIpc) is 3.24. The summed E-state index contributed by atoms with van der Waals surface area (Å²) in [6.07, 6.45) is 106. The van der Waals surface area contributed by atoms with Crippen LogP contribution in [0.4, 0.5) is 0 Å². The second-order valence-corrected chi connectivity index (χ2v) is 27.3. The number of carboxylic acids is 1. The molecule has 0 bridgehead atoms. The van der Waals surface area contributed by atoms with Crippen LogP contribution in [0.1, 0.15) is 335 Å². The van der Waals surface area contributed by atoms with E-state index in [0.29, 0.717) is 17.4 Å². The maximum Gasteiger partial charge on any atom is 0.306 e. The Morgan fingerprint density at radius 1 is 0.326 bits per heavy atom. The summed E-state index contributed by atoms with van der Waals surface area (Å²) in [6.45, 7) is 4.60. The molecule has 2 unspecified atom stereocenters. The molecular formula is C86H147NO8. The fraction of sp³-hybridized carbons (Fsp3) is 0.709. The number of ether oxygens (including phenoxy) is 4. The Kier molecular flexibility index (Phi) is 71.6. The summed E-state index contributed by atoms with van der Waals surface area (Å²) < 4.78 is 22.8. The van der Waals surface area contributed by atoms with Gasteiger partial charge >= 0.3 is 11.9 Å². The predicted octanol–water partition coefficient (Wildman–Crippen LogP) is 23.9. The average molecular weight is 1320 g/mol. The molecule has 0 rings (SSSR count). The molecule has 0 heterocycles. The molecular weight excluding hydrogens is 1170 g/mol. The summed E-state index contributed by atoms with van der Waals surface area (Å²) in [5.74, 6) is -2.33. The summed E-state index contributed by atoms with van der Waals surface area (Å²) in [4.78, 5) is 37.6. The number of nitrogens with zero attached hydrogens (tertiary/aromatic N) is 1. The Balaban J connectivity index is 4.08. The van der Waals surface area contributed by atoms with Gasteiger partial charge in [-0.05, 0) is 116 Å². The number of carbonyl (C=O) groups is 3. The van der Waals surface area contributed by atoms with E-state index in [9.17, 15) is 19.5 Å². The van der Waals surface area contributed by atoms with Crippen LogP contribution in [-0.2, 0) is 33.3 Å². The van der Waals surface area contributed by atoms with Crippen LogP contribution in [0.3, 0.4) is 0 Å². The molecule has 0 aromatic rings. The van der Waals surface area contributed by atoms with Crippen molar-refractivity contribution < 1.29 is 42.9 Å². The number of rotatable bonds is 72. The quantitative estimate of drug-likeness (QED) is 0.0195. The van der Waals surface area contributed by atoms with Gasteiger partial charge in [0.2, 0.25) is 0 Å². The number of hydrogen-bond acceptors (Lipinski definition) is 8. The maximum atomic E-state index is 12.9. The Bertz CT molecular complexity index is 2030. The number of unbranched alkanes of at least 4 members (excludes halogenated alkanes) is 35. The number of aliphatic carboxylic acids is 1. The summed E-state index contributed by atoms with van der Waals surface area (Å²) in [5.41, 5.74) is 0. The third-order valence-corrected chi connectivity index (χ3v) is 16.9. The van der Waals surface area contributed by atoms with Gasteiger partial charge in [-0.1, -0.05) is 340 Å². The van der Waals surface area contributed by atoms with E-state index < -0.39 is 24.3 Å². The van der Waals surface area contributed by atoms with E-state index in [-0.39, 0.29) is 38.6 Å². The van der Waals surface area contributed by atoms with Crippen LogP contribution in [0.2, 0.25) is 0 Å². The van der Waals surface area contributed by atoms with Crippen LogP contribution in [0.5, 0.6) is 0 Å². The zero-order valence-electron chi connectivity index (χ0n) is 62.3. The molecule has 0 radical (unpaired) electrons. The van der Waals surface area contributed by atoms with E-state index >= 15 is 0 Å². The van der Waals surface area contributed by atoms with E-state index in [1.54, 1.807) is 0 Å². The molecule has 0 fully saturated rings. The minimum Gasteiger partial charge on any atom is -0.545 e. The lowest BCUT2D eigenvalue weighted by atomic mass is 10.0. The van der Waals surface area contributed by atoms with Crippen LogP contribution < -0.4 is 5.11 Å². The summed E-state index contributed by atoms with van der Waals surface area (Å²) >= 11 is 0. The number of allylic oxidation sites excluding steroid dienone is 22. The SMILES string of the molecule is CC/C=C\C/C=C\C/C=C\C/C=C\C/C=C\C/C=C\C/C=C\C/C=C\C/C=C\CCCCCC(=O)OC(COC(=O)CCCCCCCCCCCCCCCCCCCCCCCCCCCCC/C=C\C/C=C\CCCCCCC)COC(OCC[N+](C)(C)C)C(=O)[O-]. The Labute approximate surface area is 586 Å². The van der Waals surface area contributed by atoms with Gasteiger partial charge in [-0.2, -0.15) is 0 Å². The van der Waals surface area contributed by atoms with Gasteiger partial charge in [-0.25, -0.2) is 0 Å². The van der Waals surface area contributed by atoms with Gasteiger partial charge in [0.05, 0.1) is 40.3 Å². The Morgan fingerprint density at radius 3 is 0.905 bits per heavy atom. The zero-order chi connectivity index (χ0) is 69.0. The maximum absolute atomic E-state index is 12.9. The molecule has 0 N–H and O–H groups in total. The minimum absolute atomic E-state index is 0.135. The molecule has 2 atom stereocenters. The third-order valence-electron chi connectivity index (χ3n) is 16.9. The van der Waals surface area contributed by atoms with Crippen molar-refractivity contribution in [1.82, 2.24) is 0 Å². The standard InChI is InChI=1S/C86H147NO8/c1-6-8-10-12-14-16-18-20-22-24-26-28-30-32-34-36-38-39-40-41-42-43-44-45-47-48-50-52-54-56-58-60-62-64-66-68-70-72-74-76-83(88)93-80-82(81-94-86(85(90)91)92-79-78-87(3,4)5)95-84(89)77-75-73-71-69-67-65-63-61-59-57-55-53-51-49-46-37-35-33-31-29-27-25-23-21-19-17-15-13-11-9-7-2/h9,11,15,17-18,20-21,23-24,26-27,29,33,35,46,49,53,55,59,61,65,67,82,86H,6-8,10,12-14,16,19,22,25,28,30-32,34,36-45,47-48,50-52,54,56-58,60,62-64,66,68-81H2,1-5H3/b11-9-,17-15-,20-18-,23-21-,26-24-,29-27-,35-33-,49-46-,55-53-,61-59-,67-65-. The molecule has 0 aliphatic carbocycles. The summed E-state index contributed by atoms with van der Waals surface area (Å²) in [6, 6.07) is 0. The van der Waals surface area contributed by atoms with Crippen molar-refractivity contribution in [2.75, 3.05) is 47.5 Å². The number of quaternary nitrogens is 1. The Morgan fingerprint density at radius 2 is 0.600 bits per heavy atom. The van der Waals surface area contributed by atoms with E-state index in [1.165, 1.54) is 199 Å². The largest absolute Gasteiger partial charge is 0.545 e. The molecule has 0 spiro atoms. The Hall–Kier alpha value is -4.57. The second-order valence-electron chi connectivity index (χ2n) is 27.3. The molecule has 544 valence electrons. The summed E-state index contributed by atoms with van der Waals surface area (Å²) in [7, 11) is 5.92. The monoisotopic (exact) mass is 1320 g/mol. The van der Waals surface area contributed by atoms with Crippen molar-refractivity contribution in [1.29, 1.82) is 0 Å². The lowest BCUT2D eigenvalue weighted by Gasteiger charge is -2.26. The van der Waals surface area contributed by atoms with Gasteiger partial charge in [0.25, 0.3) is 0 Å². The summed E-state index contributed by atoms with van der Waals surface area (Å²) in [5, 5.41) is 11.8. The van der Waals surface area contributed by atoms with E-state index in [0.717, 1.165) is 103 Å². The van der Waals surface area contributed by atoms with E-state index in [1.807, 2.05) is 21.1 Å². The highest BCUT2D eigenvalue weighted by atomic mass is 16.7. The van der Waals surface area contributed by atoms with Gasteiger partial charge < -0.3 is 33.3 Å². The first-order valence-corrected chi connectivity index (χ1v) is 39.3. The number of carboxylic acid groups (broad SMARTS) is 1. The first kappa shape index (κ1) is 90.4. The predicted molar refractivity (Wildman–Crippen MR) is 407 cm³/mol. The van der Waals surface area contributed by atoms with Crippen molar-refractivity contribution >= 4 is 17.9 Å². The van der Waals surface area contributed by atoms with Crippen LogP contribution >= 0.6 is 0 Å². The molecule has 0 saturated carbocycles. The third kappa shape index (κ3) is 76.7. The van der Waals surface area contributed by atoms with Gasteiger partial charge in [-0.3, -0.25) is 9.59 Å². The van der Waals surface area contributed by atoms with Gasteiger partial charge in [0.15, 0.2) is 12.4 Å². The highest BCUT2D eigenvalue weighted by Crippen LogP contribution is 2.18. The molecule has 9 nitrogen and oxygen atoms in total. The van der Waals surface area contributed by atoms with Crippen molar-refractivity contribution in [2.24, 2.45) is 0 Å². The van der Waals surface area contributed by atoms with Gasteiger partial charge in [0.1, 0.15) is 13.2 Å². The van der Waals surface area contributed by atoms with Crippen LogP contribution in [0.15, 0.2) is 134 Å². The van der Waals surface area contributed by atoms with Crippen molar-refractivity contribution in [3.63, 3.8) is 0 Å². The molecule has 9 heteroatoms. The second kappa shape index (κ2) is 75.2. The molecule has 0 aromatic carbocycles.